The first-order chi connectivity index (χ1) is 6.90. The van der Waals surface area contributed by atoms with Crippen LogP contribution in [0.5, 0.6) is 5.75 Å². The SMILES string of the molecule is CCCOc1ccc([C@@H]2CCN2)cc1. The maximum absolute atomic E-state index is 5.52. The molecule has 0 bridgehead atoms. The zero-order chi connectivity index (χ0) is 9.80. The van der Waals surface area contributed by atoms with Gasteiger partial charge in [-0.05, 0) is 37.1 Å². The van der Waals surface area contributed by atoms with Crippen molar-refractivity contribution < 1.29 is 4.74 Å². The largest absolute Gasteiger partial charge is 0.494 e. The molecule has 14 heavy (non-hydrogen) atoms. The molecule has 1 saturated heterocycles. The summed E-state index contributed by atoms with van der Waals surface area (Å²) >= 11 is 0. The van der Waals surface area contributed by atoms with Crippen LogP contribution in [0.25, 0.3) is 0 Å². The lowest BCUT2D eigenvalue weighted by Gasteiger charge is -2.28. The van der Waals surface area contributed by atoms with Crippen molar-refractivity contribution in [3.05, 3.63) is 29.8 Å². The van der Waals surface area contributed by atoms with Crippen LogP contribution in [0.2, 0.25) is 0 Å². The van der Waals surface area contributed by atoms with Crippen molar-refractivity contribution in [3.8, 4) is 5.75 Å². The lowest BCUT2D eigenvalue weighted by molar-refractivity contribution is 0.317. The van der Waals surface area contributed by atoms with Crippen LogP contribution in [0.1, 0.15) is 31.4 Å². The van der Waals surface area contributed by atoms with Crippen molar-refractivity contribution in [3.63, 3.8) is 0 Å². The first-order valence-corrected chi connectivity index (χ1v) is 5.36. The molecule has 0 spiro atoms. The maximum atomic E-state index is 5.52. The molecule has 0 amide bonds. The second-order valence-electron chi connectivity index (χ2n) is 3.71. The Bertz CT molecular complexity index is 277. The van der Waals surface area contributed by atoms with Gasteiger partial charge in [0.2, 0.25) is 0 Å². The van der Waals surface area contributed by atoms with Gasteiger partial charge in [0.25, 0.3) is 0 Å². The van der Waals surface area contributed by atoms with E-state index in [9.17, 15) is 0 Å². The van der Waals surface area contributed by atoms with E-state index in [2.05, 4.69) is 36.5 Å². The Morgan fingerprint density at radius 3 is 2.57 bits per heavy atom. The molecule has 0 saturated carbocycles. The van der Waals surface area contributed by atoms with Crippen molar-refractivity contribution in [1.29, 1.82) is 0 Å². The van der Waals surface area contributed by atoms with Crippen LogP contribution in [0.15, 0.2) is 24.3 Å². The zero-order valence-electron chi connectivity index (χ0n) is 8.62. The lowest BCUT2D eigenvalue weighted by Crippen LogP contribution is -2.34. The summed E-state index contributed by atoms with van der Waals surface area (Å²) in [4.78, 5) is 0. The summed E-state index contributed by atoms with van der Waals surface area (Å²) < 4.78 is 5.52. The number of rotatable bonds is 4. The summed E-state index contributed by atoms with van der Waals surface area (Å²) in [5.41, 5.74) is 1.38. The van der Waals surface area contributed by atoms with Crippen LogP contribution < -0.4 is 10.1 Å². The molecule has 2 rings (SSSR count). The number of hydrogen-bond acceptors (Lipinski definition) is 2. The number of ether oxygens (including phenoxy) is 1. The van der Waals surface area contributed by atoms with Crippen LogP contribution in [0, 0.1) is 0 Å². The molecule has 76 valence electrons. The molecule has 0 radical (unpaired) electrons. The van der Waals surface area contributed by atoms with Gasteiger partial charge in [-0.25, -0.2) is 0 Å². The summed E-state index contributed by atoms with van der Waals surface area (Å²) in [6.07, 6.45) is 2.32. The van der Waals surface area contributed by atoms with Gasteiger partial charge < -0.3 is 10.1 Å². The summed E-state index contributed by atoms with van der Waals surface area (Å²) in [6, 6.07) is 9.01. The molecule has 1 N–H and O–H groups in total. The number of hydrogen-bond donors (Lipinski definition) is 1. The fraction of sp³-hybridized carbons (Fsp3) is 0.500. The average Bonchev–Trinajstić information content (AvgIpc) is 2.14. The van der Waals surface area contributed by atoms with E-state index in [1.165, 1.54) is 12.0 Å². The second kappa shape index (κ2) is 4.47. The van der Waals surface area contributed by atoms with Crippen LogP contribution in [-0.4, -0.2) is 13.2 Å². The minimum Gasteiger partial charge on any atom is -0.494 e. The first-order valence-electron chi connectivity index (χ1n) is 5.36. The summed E-state index contributed by atoms with van der Waals surface area (Å²) in [5.74, 6) is 0.981. The fourth-order valence-corrected chi connectivity index (χ4v) is 1.59. The molecular weight excluding hydrogens is 174 g/mol. The van der Waals surface area contributed by atoms with Crippen LogP contribution in [0.4, 0.5) is 0 Å². The summed E-state index contributed by atoms with van der Waals surface area (Å²) in [6.45, 7) is 4.08. The standard InChI is InChI=1S/C12H17NO/c1-2-9-14-11-5-3-10(4-6-11)12-7-8-13-12/h3-6,12-13H,2,7-9H2,1H3/t12-/m0/s1. The minimum atomic E-state index is 0.579. The normalized spacial score (nSPS) is 20.2. The summed E-state index contributed by atoms with van der Waals surface area (Å²) in [7, 11) is 0. The van der Waals surface area contributed by atoms with Gasteiger partial charge in [-0.2, -0.15) is 0 Å². The van der Waals surface area contributed by atoms with Crippen molar-refractivity contribution in [2.45, 2.75) is 25.8 Å². The quantitative estimate of drug-likeness (QED) is 0.789. The molecule has 0 aliphatic carbocycles. The molecule has 1 aliphatic heterocycles. The molecule has 0 unspecified atom stereocenters. The third-order valence-corrected chi connectivity index (χ3v) is 2.58. The van der Waals surface area contributed by atoms with E-state index in [0.717, 1.165) is 25.3 Å². The lowest BCUT2D eigenvalue weighted by atomic mass is 9.98. The Hall–Kier alpha value is -1.02. The Labute approximate surface area is 85.3 Å². The molecule has 2 heteroatoms. The highest BCUT2D eigenvalue weighted by atomic mass is 16.5. The predicted molar refractivity (Wildman–Crippen MR) is 57.6 cm³/mol. The Morgan fingerprint density at radius 1 is 1.36 bits per heavy atom. The highest BCUT2D eigenvalue weighted by molar-refractivity contribution is 5.30. The van der Waals surface area contributed by atoms with Crippen molar-refractivity contribution >= 4 is 0 Å². The third kappa shape index (κ3) is 2.07. The van der Waals surface area contributed by atoms with Gasteiger partial charge in [0, 0.05) is 6.04 Å². The van der Waals surface area contributed by atoms with Gasteiger partial charge in [-0.1, -0.05) is 19.1 Å². The Balaban J connectivity index is 1.95. The topological polar surface area (TPSA) is 21.3 Å². The Morgan fingerprint density at radius 2 is 2.07 bits per heavy atom. The number of benzene rings is 1. The first kappa shape index (κ1) is 9.53. The summed E-state index contributed by atoms with van der Waals surface area (Å²) in [5, 5.41) is 3.38. The van der Waals surface area contributed by atoms with Crippen molar-refractivity contribution in [1.82, 2.24) is 5.32 Å². The van der Waals surface area contributed by atoms with Gasteiger partial charge in [-0.15, -0.1) is 0 Å². The van der Waals surface area contributed by atoms with Crippen LogP contribution >= 0.6 is 0 Å². The van der Waals surface area contributed by atoms with E-state index >= 15 is 0 Å². The van der Waals surface area contributed by atoms with E-state index in [0.29, 0.717) is 6.04 Å². The van der Waals surface area contributed by atoms with Gasteiger partial charge in [0.15, 0.2) is 0 Å². The third-order valence-electron chi connectivity index (χ3n) is 2.58. The molecule has 1 aromatic carbocycles. The molecule has 1 aromatic rings. The van der Waals surface area contributed by atoms with Gasteiger partial charge in [-0.3, -0.25) is 0 Å². The number of nitrogens with one attached hydrogen (secondary N) is 1. The molecule has 1 atom stereocenters. The van der Waals surface area contributed by atoms with E-state index < -0.39 is 0 Å². The second-order valence-corrected chi connectivity index (χ2v) is 3.71. The minimum absolute atomic E-state index is 0.579. The highest BCUT2D eigenvalue weighted by Crippen LogP contribution is 2.24. The average molecular weight is 191 g/mol. The predicted octanol–water partition coefficient (Wildman–Crippen LogP) is 2.51. The van der Waals surface area contributed by atoms with Gasteiger partial charge in [0.1, 0.15) is 5.75 Å². The van der Waals surface area contributed by atoms with Crippen LogP contribution in [-0.2, 0) is 0 Å². The van der Waals surface area contributed by atoms with E-state index in [1.54, 1.807) is 0 Å². The Kier molecular flexibility index (Phi) is 3.04. The monoisotopic (exact) mass is 191 g/mol. The van der Waals surface area contributed by atoms with Gasteiger partial charge in [0.05, 0.1) is 6.61 Å². The van der Waals surface area contributed by atoms with E-state index in [-0.39, 0.29) is 0 Å². The molecule has 1 heterocycles. The molecular formula is C12H17NO. The molecule has 2 nitrogen and oxygen atoms in total. The molecule has 1 aliphatic rings. The zero-order valence-corrected chi connectivity index (χ0v) is 8.62. The molecule has 1 fully saturated rings. The fourth-order valence-electron chi connectivity index (χ4n) is 1.59. The van der Waals surface area contributed by atoms with Crippen molar-refractivity contribution in [2.75, 3.05) is 13.2 Å². The van der Waals surface area contributed by atoms with Crippen LogP contribution in [0.3, 0.4) is 0 Å². The van der Waals surface area contributed by atoms with E-state index in [4.69, 9.17) is 4.74 Å². The maximum Gasteiger partial charge on any atom is 0.119 e. The van der Waals surface area contributed by atoms with Crippen molar-refractivity contribution in [2.24, 2.45) is 0 Å². The highest BCUT2D eigenvalue weighted by Gasteiger charge is 2.17. The van der Waals surface area contributed by atoms with Gasteiger partial charge >= 0.3 is 0 Å². The smallest absolute Gasteiger partial charge is 0.119 e. The van der Waals surface area contributed by atoms with E-state index in [1.807, 2.05) is 0 Å². The molecule has 0 aromatic heterocycles.